The van der Waals surface area contributed by atoms with Gasteiger partial charge in [0.25, 0.3) is 0 Å². The van der Waals surface area contributed by atoms with Crippen LogP contribution in [0.5, 0.6) is 0 Å². The Morgan fingerprint density at radius 3 is 2.39 bits per heavy atom. The van der Waals surface area contributed by atoms with Gasteiger partial charge in [-0.15, -0.1) is 15.2 Å². The lowest BCUT2D eigenvalue weighted by atomic mass is 10.2. The van der Waals surface area contributed by atoms with Crippen molar-refractivity contribution in [2.45, 2.75) is 18.6 Å². The van der Waals surface area contributed by atoms with Gasteiger partial charge in [-0.3, -0.25) is 10.1 Å². The molecule has 1 heterocycles. The molecule has 2 atom stereocenters. The van der Waals surface area contributed by atoms with E-state index in [2.05, 4.69) is 10.5 Å². The van der Waals surface area contributed by atoms with Gasteiger partial charge in [-0.25, -0.2) is 10.1 Å². The Labute approximate surface area is 98.0 Å². The molecule has 2 N–H and O–H groups in total. The first kappa shape index (κ1) is 13.6. The van der Waals surface area contributed by atoms with Crippen LogP contribution in [0.3, 0.4) is 0 Å². The topological polar surface area (TPSA) is 176 Å². The molecule has 0 aromatic rings. The van der Waals surface area contributed by atoms with Gasteiger partial charge in [-0.05, 0) is 5.18 Å². The first-order valence-corrected chi connectivity index (χ1v) is 4.51. The van der Waals surface area contributed by atoms with E-state index in [-0.39, 0.29) is 5.23 Å². The largest absolute Gasteiger partial charge is 0.264 e. The van der Waals surface area contributed by atoms with Crippen LogP contribution in [0.15, 0.2) is 10.5 Å². The lowest BCUT2D eigenvalue weighted by Crippen LogP contribution is -2.63. The van der Waals surface area contributed by atoms with Crippen molar-refractivity contribution in [1.29, 1.82) is 0 Å². The third kappa shape index (κ3) is 3.25. The maximum absolute atomic E-state index is 10.6. The molecule has 1 aliphatic heterocycles. The molecule has 0 aliphatic carbocycles. The minimum Gasteiger partial charge on any atom is -0.264 e. The van der Waals surface area contributed by atoms with Crippen molar-refractivity contribution in [1.82, 2.24) is 21.3 Å². The number of nitroso groups, excluding NO2 is 2. The molecule has 1 saturated heterocycles. The molecule has 18 heavy (non-hydrogen) atoms. The van der Waals surface area contributed by atoms with Crippen molar-refractivity contribution < 1.29 is 9.96 Å². The van der Waals surface area contributed by atoms with Crippen LogP contribution >= 0.6 is 0 Å². The molecule has 0 radical (unpaired) electrons. The molecular formula is C4H8N8O6. The molecular weight excluding hydrogens is 256 g/mol. The van der Waals surface area contributed by atoms with E-state index in [4.69, 9.17) is 0 Å². The molecule has 0 aromatic carbocycles. The number of nitrogens with one attached hydrogen (secondary N) is 2. The van der Waals surface area contributed by atoms with E-state index in [0.717, 1.165) is 0 Å². The highest BCUT2D eigenvalue weighted by atomic mass is 16.7. The van der Waals surface area contributed by atoms with Crippen LogP contribution in [0.25, 0.3) is 0 Å². The molecule has 1 fully saturated rings. The predicted molar refractivity (Wildman–Crippen MR) is 52.6 cm³/mol. The molecule has 0 saturated carbocycles. The summed E-state index contributed by atoms with van der Waals surface area (Å²) in [5, 5.41) is 25.4. The standard InChI is InChI=1S/C4H8N8O6/c13-6-4-1-3(10(15)16)2-9(8-14)7-11(5-4)12(17)18/h3-5,7H,1-2H2. The van der Waals surface area contributed by atoms with Crippen molar-refractivity contribution in [2.75, 3.05) is 6.54 Å². The normalized spacial score (nSPS) is 24.9. The summed E-state index contributed by atoms with van der Waals surface area (Å²) in [5.41, 5.74) is 3.78. The van der Waals surface area contributed by atoms with Gasteiger partial charge >= 0.3 is 0 Å². The maximum Gasteiger partial charge on any atom is 0.237 e. The summed E-state index contributed by atoms with van der Waals surface area (Å²) < 4.78 is 0. The third-order valence-corrected chi connectivity index (χ3v) is 2.05. The van der Waals surface area contributed by atoms with Gasteiger partial charge < -0.3 is 0 Å². The highest BCUT2D eigenvalue weighted by Gasteiger charge is 2.36. The van der Waals surface area contributed by atoms with E-state index in [1.165, 1.54) is 0 Å². The molecule has 0 spiro atoms. The summed E-state index contributed by atoms with van der Waals surface area (Å²) >= 11 is 0. The minimum atomic E-state index is -1.38. The Morgan fingerprint density at radius 2 is 1.94 bits per heavy atom. The zero-order valence-corrected chi connectivity index (χ0v) is 8.70. The van der Waals surface area contributed by atoms with E-state index >= 15 is 0 Å². The maximum atomic E-state index is 10.6. The third-order valence-electron chi connectivity index (χ3n) is 2.05. The summed E-state index contributed by atoms with van der Waals surface area (Å²) in [4.78, 5) is 41.2. The molecule has 14 heteroatoms. The van der Waals surface area contributed by atoms with Gasteiger partial charge in [0.05, 0.1) is 11.7 Å². The second-order valence-electron chi connectivity index (χ2n) is 3.24. The first-order valence-electron chi connectivity index (χ1n) is 4.51. The predicted octanol–water partition coefficient (Wildman–Crippen LogP) is -1.47. The van der Waals surface area contributed by atoms with Crippen LogP contribution in [0.2, 0.25) is 0 Å². The second-order valence-corrected chi connectivity index (χ2v) is 3.24. The van der Waals surface area contributed by atoms with Crippen LogP contribution in [0.4, 0.5) is 0 Å². The Morgan fingerprint density at radius 1 is 1.28 bits per heavy atom. The molecule has 1 aliphatic rings. The fourth-order valence-electron chi connectivity index (χ4n) is 1.26. The zero-order chi connectivity index (χ0) is 13.7. The van der Waals surface area contributed by atoms with E-state index < -0.39 is 35.1 Å². The fourth-order valence-corrected chi connectivity index (χ4v) is 1.26. The van der Waals surface area contributed by atoms with Crippen molar-refractivity contribution in [3.8, 4) is 0 Å². The summed E-state index contributed by atoms with van der Waals surface area (Å²) in [6, 6.07) is -1.33. The molecule has 0 aromatic heterocycles. The summed E-state index contributed by atoms with van der Waals surface area (Å²) in [7, 11) is 0. The lowest BCUT2D eigenvalue weighted by molar-refractivity contribution is -0.696. The van der Waals surface area contributed by atoms with Gasteiger partial charge in [0.1, 0.15) is 6.54 Å². The van der Waals surface area contributed by atoms with Gasteiger partial charge in [-0.2, -0.15) is 5.12 Å². The van der Waals surface area contributed by atoms with Crippen molar-refractivity contribution in [2.24, 2.45) is 10.5 Å². The number of nitro groups is 2. The van der Waals surface area contributed by atoms with Crippen LogP contribution in [0.1, 0.15) is 6.42 Å². The van der Waals surface area contributed by atoms with Gasteiger partial charge in [0.15, 0.2) is 11.2 Å². The Bertz CT molecular complexity index is 315. The summed E-state index contributed by atoms with van der Waals surface area (Å²) in [6.07, 6.45) is -1.80. The monoisotopic (exact) mass is 264 g/mol. The Kier molecular flexibility index (Phi) is 4.33. The number of nitrogens with zero attached hydrogens (tertiary/aromatic N) is 6. The van der Waals surface area contributed by atoms with Crippen LogP contribution in [-0.4, -0.2) is 39.1 Å². The van der Waals surface area contributed by atoms with E-state index in [0.29, 0.717) is 5.12 Å². The number of hydrogen-bond acceptors (Lipinski definition) is 10. The first-order chi connectivity index (χ1) is 8.47. The quantitative estimate of drug-likeness (QED) is 0.346. The smallest absolute Gasteiger partial charge is 0.237 e. The van der Waals surface area contributed by atoms with Crippen molar-refractivity contribution >= 4 is 0 Å². The molecule has 2 unspecified atom stereocenters. The highest BCUT2D eigenvalue weighted by molar-refractivity contribution is 4.70. The van der Waals surface area contributed by atoms with Gasteiger partial charge in [0.2, 0.25) is 6.04 Å². The Hall–Kier alpha value is -2.48. The van der Waals surface area contributed by atoms with Gasteiger partial charge in [0, 0.05) is 10.2 Å². The Balaban J connectivity index is 2.88. The molecule has 0 bridgehead atoms. The van der Waals surface area contributed by atoms with Crippen LogP contribution < -0.4 is 11.0 Å². The molecule has 14 nitrogen and oxygen atoms in total. The van der Waals surface area contributed by atoms with Crippen molar-refractivity contribution in [3.05, 3.63) is 30.0 Å². The molecule has 0 amide bonds. The average Bonchev–Trinajstić information content (AvgIpc) is 2.28. The molecule has 100 valence electrons. The van der Waals surface area contributed by atoms with E-state index in [1.54, 1.807) is 0 Å². The van der Waals surface area contributed by atoms with Crippen LogP contribution in [-0.2, 0) is 0 Å². The summed E-state index contributed by atoms with van der Waals surface area (Å²) in [5.74, 6) is 0. The minimum absolute atomic E-state index is 0.0730. The fraction of sp³-hybridized carbons (Fsp3) is 1.00. The summed E-state index contributed by atoms with van der Waals surface area (Å²) in [6.45, 7) is -0.547. The second kappa shape index (κ2) is 5.73. The number of rotatable bonds is 4. The van der Waals surface area contributed by atoms with Gasteiger partial charge in [-0.1, -0.05) is 5.53 Å². The lowest BCUT2D eigenvalue weighted by Gasteiger charge is -2.26. The number of hydrogen-bond donors (Lipinski definition) is 2. The number of hydrazine groups is 4. The zero-order valence-electron chi connectivity index (χ0n) is 8.70. The molecule has 1 rings (SSSR count). The average molecular weight is 264 g/mol. The highest BCUT2D eigenvalue weighted by Crippen LogP contribution is 2.09. The van der Waals surface area contributed by atoms with E-state index in [1.807, 2.05) is 11.0 Å². The van der Waals surface area contributed by atoms with Crippen LogP contribution in [0, 0.1) is 30.0 Å². The van der Waals surface area contributed by atoms with E-state index in [9.17, 15) is 30.0 Å². The SMILES string of the molecule is O=NC1CC([N+](=O)[O-])CN(N=O)NN([N+](=O)[O-])N1. The van der Waals surface area contributed by atoms with Crippen molar-refractivity contribution in [3.63, 3.8) is 0 Å².